The van der Waals surface area contributed by atoms with Crippen LogP contribution < -0.4 is 15.5 Å². The Morgan fingerprint density at radius 2 is 1.46 bits per heavy atom. The molecule has 2 aromatic carbocycles. The van der Waals surface area contributed by atoms with Crippen LogP contribution in [0.5, 0.6) is 0 Å². The van der Waals surface area contributed by atoms with Gasteiger partial charge in [0.25, 0.3) is 0 Å². The van der Waals surface area contributed by atoms with Crippen molar-refractivity contribution in [3.8, 4) is 0 Å². The fraction of sp³-hybridized carbons (Fsp3) is 0.364. The highest BCUT2D eigenvalue weighted by molar-refractivity contribution is 6.35. The van der Waals surface area contributed by atoms with Gasteiger partial charge in [-0.2, -0.15) is 0 Å². The summed E-state index contributed by atoms with van der Waals surface area (Å²) in [5.41, 5.74) is 3.14. The fourth-order valence-electron chi connectivity index (χ4n) is 2.95. The van der Waals surface area contributed by atoms with E-state index >= 15 is 0 Å². The standard InChI is InChI=1S/C22H30N4O2/c1-16(17-9-7-6-8-10-17)24-22(28)21(27)23-15-20(26(4)5)18-11-13-19(14-12-18)25(2)3/h6-14,16,20H,15H2,1-5H3,(H,23,27)(H,24,28)/t16-,20-/m1/s1. The summed E-state index contributed by atoms with van der Waals surface area (Å²) < 4.78 is 0. The van der Waals surface area contributed by atoms with Crippen LogP contribution in [0.15, 0.2) is 54.6 Å². The Morgan fingerprint density at radius 1 is 0.857 bits per heavy atom. The van der Waals surface area contributed by atoms with Crippen LogP contribution in [0.3, 0.4) is 0 Å². The molecule has 2 aromatic rings. The lowest BCUT2D eigenvalue weighted by molar-refractivity contribution is -0.139. The molecule has 0 aliphatic heterocycles. The van der Waals surface area contributed by atoms with Crippen molar-refractivity contribution >= 4 is 17.5 Å². The molecule has 0 aliphatic rings. The van der Waals surface area contributed by atoms with Gasteiger partial charge in [0.05, 0.1) is 12.1 Å². The Bertz CT molecular complexity index is 773. The van der Waals surface area contributed by atoms with E-state index in [9.17, 15) is 9.59 Å². The first-order valence-corrected chi connectivity index (χ1v) is 9.37. The van der Waals surface area contributed by atoms with Crippen LogP contribution in [0.1, 0.15) is 30.1 Å². The number of rotatable bonds is 7. The minimum absolute atomic E-state index is 0.0282. The Balaban J connectivity index is 1.95. The molecule has 2 atom stereocenters. The van der Waals surface area contributed by atoms with E-state index in [2.05, 4.69) is 10.6 Å². The van der Waals surface area contributed by atoms with Gasteiger partial charge in [0.1, 0.15) is 0 Å². The molecule has 2 N–H and O–H groups in total. The molecular weight excluding hydrogens is 352 g/mol. The van der Waals surface area contributed by atoms with Crippen molar-refractivity contribution in [1.82, 2.24) is 15.5 Å². The molecule has 2 amide bonds. The van der Waals surface area contributed by atoms with E-state index in [4.69, 9.17) is 0 Å². The molecular formula is C22H30N4O2. The number of hydrogen-bond donors (Lipinski definition) is 2. The van der Waals surface area contributed by atoms with Crippen molar-refractivity contribution in [3.63, 3.8) is 0 Å². The number of nitrogens with zero attached hydrogens (tertiary/aromatic N) is 2. The molecule has 28 heavy (non-hydrogen) atoms. The van der Waals surface area contributed by atoms with Gasteiger partial charge in [-0.05, 0) is 44.3 Å². The summed E-state index contributed by atoms with van der Waals surface area (Å²) in [6.45, 7) is 2.20. The van der Waals surface area contributed by atoms with E-state index in [-0.39, 0.29) is 12.1 Å². The van der Waals surface area contributed by atoms with E-state index in [1.54, 1.807) is 0 Å². The molecule has 0 heterocycles. The molecule has 6 heteroatoms. The topological polar surface area (TPSA) is 64.7 Å². The van der Waals surface area contributed by atoms with E-state index in [1.165, 1.54) is 0 Å². The minimum atomic E-state index is -0.628. The first kappa shape index (κ1) is 21.4. The highest BCUT2D eigenvalue weighted by atomic mass is 16.2. The third-order valence-electron chi connectivity index (χ3n) is 4.73. The summed E-state index contributed by atoms with van der Waals surface area (Å²) in [5, 5.41) is 5.49. The van der Waals surface area contributed by atoms with Crippen LogP contribution in [0.25, 0.3) is 0 Å². The predicted molar refractivity (Wildman–Crippen MR) is 113 cm³/mol. The Morgan fingerprint density at radius 3 is 2.00 bits per heavy atom. The molecule has 150 valence electrons. The first-order chi connectivity index (χ1) is 13.3. The van der Waals surface area contributed by atoms with Gasteiger partial charge in [0.2, 0.25) is 0 Å². The van der Waals surface area contributed by atoms with Crippen LogP contribution in [-0.2, 0) is 9.59 Å². The number of anilines is 1. The van der Waals surface area contributed by atoms with Crippen LogP contribution in [-0.4, -0.2) is 51.4 Å². The Kier molecular flexibility index (Phi) is 7.58. The van der Waals surface area contributed by atoms with Gasteiger partial charge >= 0.3 is 11.8 Å². The zero-order valence-electron chi connectivity index (χ0n) is 17.3. The summed E-state index contributed by atoms with van der Waals surface area (Å²) >= 11 is 0. The number of likely N-dealkylation sites (N-methyl/N-ethyl adjacent to an activating group) is 1. The van der Waals surface area contributed by atoms with Gasteiger partial charge in [-0.3, -0.25) is 9.59 Å². The molecule has 0 saturated heterocycles. The third kappa shape index (κ3) is 5.82. The lowest BCUT2D eigenvalue weighted by Gasteiger charge is -2.26. The lowest BCUT2D eigenvalue weighted by atomic mass is 10.1. The monoisotopic (exact) mass is 382 g/mol. The zero-order valence-corrected chi connectivity index (χ0v) is 17.3. The van der Waals surface area contributed by atoms with Gasteiger partial charge in [-0.15, -0.1) is 0 Å². The molecule has 0 bridgehead atoms. The van der Waals surface area contributed by atoms with Crippen molar-refractivity contribution in [2.75, 3.05) is 39.6 Å². The van der Waals surface area contributed by atoms with Gasteiger partial charge in [-0.25, -0.2) is 0 Å². The predicted octanol–water partition coefficient (Wildman–Crippen LogP) is 2.35. The molecule has 0 radical (unpaired) electrons. The zero-order chi connectivity index (χ0) is 20.7. The lowest BCUT2D eigenvalue weighted by Crippen LogP contribution is -2.43. The molecule has 6 nitrogen and oxygen atoms in total. The number of hydrogen-bond acceptors (Lipinski definition) is 4. The summed E-state index contributed by atoms with van der Waals surface area (Å²) in [7, 11) is 7.89. The number of nitrogens with one attached hydrogen (secondary N) is 2. The molecule has 0 spiro atoms. The van der Waals surface area contributed by atoms with Gasteiger partial charge < -0.3 is 20.4 Å². The van der Waals surface area contributed by atoms with E-state index in [0.717, 1.165) is 16.8 Å². The van der Waals surface area contributed by atoms with Crippen LogP contribution in [0.4, 0.5) is 5.69 Å². The van der Waals surface area contributed by atoms with E-state index in [0.29, 0.717) is 6.54 Å². The molecule has 0 unspecified atom stereocenters. The van der Waals surface area contributed by atoms with Gasteiger partial charge in [0.15, 0.2) is 0 Å². The third-order valence-corrected chi connectivity index (χ3v) is 4.73. The molecule has 0 saturated carbocycles. The summed E-state index contributed by atoms with van der Waals surface area (Å²) in [5.74, 6) is -1.25. The van der Waals surface area contributed by atoms with Crippen LogP contribution in [0.2, 0.25) is 0 Å². The second kappa shape index (κ2) is 9.90. The Hall–Kier alpha value is -2.86. The summed E-state index contributed by atoms with van der Waals surface area (Å²) in [6.07, 6.45) is 0. The van der Waals surface area contributed by atoms with E-state index < -0.39 is 11.8 Å². The van der Waals surface area contributed by atoms with Crippen molar-refractivity contribution < 1.29 is 9.59 Å². The average molecular weight is 383 g/mol. The number of benzene rings is 2. The first-order valence-electron chi connectivity index (χ1n) is 9.37. The van der Waals surface area contributed by atoms with Gasteiger partial charge in [0, 0.05) is 26.3 Å². The van der Waals surface area contributed by atoms with E-state index in [1.807, 2.05) is 99.5 Å². The van der Waals surface area contributed by atoms with Crippen LogP contribution >= 0.6 is 0 Å². The average Bonchev–Trinajstić information content (AvgIpc) is 2.68. The van der Waals surface area contributed by atoms with Crippen molar-refractivity contribution in [2.45, 2.75) is 19.0 Å². The number of carbonyl (C=O) groups is 2. The summed E-state index contributed by atoms with van der Waals surface area (Å²) in [6, 6.07) is 17.5. The highest BCUT2D eigenvalue weighted by Crippen LogP contribution is 2.21. The molecule has 0 aromatic heterocycles. The maximum Gasteiger partial charge on any atom is 0.309 e. The van der Waals surface area contributed by atoms with Crippen molar-refractivity contribution in [2.24, 2.45) is 0 Å². The van der Waals surface area contributed by atoms with Gasteiger partial charge in [-0.1, -0.05) is 42.5 Å². The quantitative estimate of drug-likeness (QED) is 0.722. The van der Waals surface area contributed by atoms with Crippen molar-refractivity contribution in [1.29, 1.82) is 0 Å². The van der Waals surface area contributed by atoms with Crippen LogP contribution in [0, 0.1) is 0 Å². The molecule has 0 fully saturated rings. The molecule has 0 aliphatic carbocycles. The number of carbonyl (C=O) groups excluding carboxylic acids is 2. The SMILES string of the molecule is C[C@@H](NC(=O)C(=O)NC[C@H](c1ccc(N(C)C)cc1)N(C)C)c1ccccc1. The fourth-order valence-corrected chi connectivity index (χ4v) is 2.95. The second-order valence-electron chi connectivity index (χ2n) is 7.28. The highest BCUT2D eigenvalue weighted by Gasteiger charge is 2.20. The summed E-state index contributed by atoms with van der Waals surface area (Å²) in [4.78, 5) is 28.5. The minimum Gasteiger partial charge on any atom is -0.378 e. The number of amides is 2. The van der Waals surface area contributed by atoms with Crippen molar-refractivity contribution in [3.05, 3.63) is 65.7 Å². The normalized spacial score (nSPS) is 12.9. The second-order valence-corrected chi connectivity index (χ2v) is 7.28. The smallest absolute Gasteiger partial charge is 0.309 e. The maximum absolute atomic E-state index is 12.3. The molecule has 2 rings (SSSR count). The Labute approximate surface area is 167 Å². The maximum atomic E-state index is 12.3. The largest absolute Gasteiger partial charge is 0.378 e.